The molecule has 4 unspecified atom stereocenters. The second-order valence-electron chi connectivity index (χ2n) is 5.65. The normalized spacial score (nSPS) is 29.4. The fraction of sp³-hybridized carbons (Fsp3) is 0.625. The fourth-order valence-corrected chi connectivity index (χ4v) is 3.70. The first-order valence-corrected chi connectivity index (χ1v) is 7.31. The third-order valence-corrected chi connectivity index (χ3v) is 4.67. The second-order valence-corrected chi connectivity index (χ2v) is 5.65. The highest BCUT2D eigenvalue weighted by molar-refractivity contribution is 5.43. The van der Waals surface area contributed by atoms with Crippen molar-refractivity contribution in [2.75, 3.05) is 21.3 Å². The zero-order valence-electron chi connectivity index (χ0n) is 12.4. The van der Waals surface area contributed by atoms with Gasteiger partial charge in [-0.2, -0.15) is 0 Å². The number of benzene rings is 1. The Morgan fingerprint density at radius 3 is 2.65 bits per heavy atom. The summed E-state index contributed by atoms with van der Waals surface area (Å²) in [5.74, 6) is 2.23. The Balaban J connectivity index is 1.89. The van der Waals surface area contributed by atoms with Crippen molar-refractivity contribution in [3.63, 3.8) is 0 Å². The smallest absolute Gasteiger partial charge is 0.127 e. The summed E-state index contributed by atoms with van der Waals surface area (Å²) in [6.45, 7) is 0. The molecule has 4 heteroatoms. The molecular weight excluding hydrogens is 254 g/mol. The van der Waals surface area contributed by atoms with E-state index in [2.05, 4.69) is 11.4 Å². The molecule has 4 atom stereocenters. The minimum absolute atomic E-state index is 0.270. The lowest BCUT2D eigenvalue weighted by atomic mass is 9.81. The van der Waals surface area contributed by atoms with Crippen molar-refractivity contribution in [3.05, 3.63) is 23.8 Å². The summed E-state index contributed by atoms with van der Waals surface area (Å²) in [6, 6.07) is 6.32. The van der Waals surface area contributed by atoms with Crippen molar-refractivity contribution in [2.45, 2.75) is 37.5 Å². The standard InChI is InChI=1S/C16H23NO3/c1-17-16(13-8-11-5-7-14(13)20-11)12-6-4-10(18-2)9-15(12)19-3/h4,6,9,11,13-14,16-17H,5,7-8H2,1-3H3. The summed E-state index contributed by atoms with van der Waals surface area (Å²) in [4.78, 5) is 0. The second kappa shape index (κ2) is 5.62. The summed E-state index contributed by atoms with van der Waals surface area (Å²) in [7, 11) is 5.40. The van der Waals surface area contributed by atoms with Crippen LogP contribution in [0.4, 0.5) is 0 Å². The molecule has 1 aromatic carbocycles. The van der Waals surface area contributed by atoms with Crippen molar-refractivity contribution in [1.82, 2.24) is 5.32 Å². The molecule has 1 aromatic rings. The summed E-state index contributed by atoms with van der Waals surface area (Å²) in [6.07, 6.45) is 4.41. The van der Waals surface area contributed by atoms with Gasteiger partial charge in [-0.15, -0.1) is 0 Å². The molecule has 2 aliphatic heterocycles. The van der Waals surface area contributed by atoms with Crippen molar-refractivity contribution in [1.29, 1.82) is 0 Å². The Hall–Kier alpha value is -1.26. The molecule has 2 saturated heterocycles. The quantitative estimate of drug-likeness (QED) is 0.898. The van der Waals surface area contributed by atoms with Crippen LogP contribution >= 0.6 is 0 Å². The largest absolute Gasteiger partial charge is 0.497 e. The third kappa shape index (κ3) is 2.27. The number of nitrogens with one attached hydrogen (secondary N) is 1. The lowest BCUT2D eigenvalue weighted by Gasteiger charge is -2.29. The molecule has 2 fully saturated rings. The number of fused-ring (bicyclic) bond motifs is 2. The Bertz CT molecular complexity index is 477. The molecule has 3 rings (SSSR count). The maximum Gasteiger partial charge on any atom is 0.127 e. The van der Waals surface area contributed by atoms with Gasteiger partial charge in [-0.1, -0.05) is 6.07 Å². The van der Waals surface area contributed by atoms with E-state index in [-0.39, 0.29) is 6.04 Å². The average Bonchev–Trinajstić information content (AvgIpc) is 3.11. The summed E-state index contributed by atoms with van der Waals surface area (Å²) in [5, 5.41) is 3.46. The zero-order chi connectivity index (χ0) is 14.1. The molecule has 4 nitrogen and oxygen atoms in total. The maximum absolute atomic E-state index is 6.00. The monoisotopic (exact) mass is 277 g/mol. The lowest BCUT2D eigenvalue weighted by molar-refractivity contribution is 0.0861. The van der Waals surface area contributed by atoms with E-state index < -0.39 is 0 Å². The topological polar surface area (TPSA) is 39.7 Å². The number of rotatable bonds is 5. The van der Waals surface area contributed by atoms with Crippen LogP contribution in [0.3, 0.4) is 0 Å². The minimum atomic E-state index is 0.270. The van der Waals surface area contributed by atoms with Gasteiger partial charge in [0.05, 0.1) is 26.4 Å². The summed E-state index contributed by atoms with van der Waals surface area (Å²) in [5.41, 5.74) is 1.19. The van der Waals surface area contributed by atoms with Crippen LogP contribution in [-0.2, 0) is 4.74 Å². The van der Waals surface area contributed by atoms with E-state index in [1.54, 1.807) is 14.2 Å². The first kappa shape index (κ1) is 13.7. The molecular formula is C16H23NO3. The predicted molar refractivity (Wildman–Crippen MR) is 77.3 cm³/mol. The summed E-state index contributed by atoms with van der Waals surface area (Å²) >= 11 is 0. The van der Waals surface area contributed by atoms with E-state index in [9.17, 15) is 0 Å². The van der Waals surface area contributed by atoms with E-state index in [1.807, 2.05) is 19.2 Å². The number of hydrogen-bond donors (Lipinski definition) is 1. The van der Waals surface area contributed by atoms with E-state index in [0.717, 1.165) is 17.9 Å². The molecule has 0 amide bonds. The average molecular weight is 277 g/mol. The van der Waals surface area contributed by atoms with Crippen LogP contribution in [0.15, 0.2) is 18.2 Å². The van der Waals surface area contributed by atoms with Gasteiger partial charge in [0.1, 0.15) is 11.5 Å². The van der Waals surface area contributed by atoms with Gasteiger partial charge in [-0.3, -0.25) is 0 Å². The van der Waals surface area contributed by atoms with Crippen LogP contribution in [-0.4, -0.2) is 33.5 Å². The van der Waals surface area contributed by atoms with Gasteiger partial charge >= 0.3 is 0 Å². The van der Waals surface area contributed by atoms with Crippen molar-refractivity contribution >= 4 is 0 Å². The molecule has 2 heterocycles. The van der Waals surface area contributed by atoms with Gasteiger partial charge in [0, 0.05) is 23.6 Å². The number of hydrogen-bond acceptors (Lipinski definition) is 4. The molecule has 20 heavy (non-hydrogen) atoms. The Morgan fingerprint density at radius 2 is 2.10 bits per heavy atom. The zero-order valence-corrected chi connectivity index (χ0v) is 12.4. The molecule has 2 aliphatic rings. The highest BCUT2D eigenvalue weighted by Gasteiger charge is 2.44. The van der Waals surface area contributed by atoms with Gasteiger partial charge in [0.25, 0.3) is 0 Å². The van der Waals surface area contributed by atoms with Crippen LogP contribution in [0.2, 0.25) is 0 Å². The number of ether oxygens (including phenoxy) is 3. The number of methoxy groups -OCH3 is 2. The third-order valence-electron chi connectivity index (χ3n) is 4.67. The van der Waals surface area contributed by atoms with Crippen molar-refractivity contribution < 1.29 is 14.2 Å². The SMILES string of the molecule is CNC(c1ccc(OC)cc1OC)C1CC2CCC1O2. The Labute approximate surface area is 120 Å². The van der Waals surface area contributed by atoms with Crippen molar-refractivity contribution in [3.8, 4) is 11.5 Å². The molecule has 0 aromatic heterocycles. The van der Waals surface area contributed by atoms with Crippen LogP contribution in [0.1, 0.15) is 30.9 Å². The van der Waals surface area contributed by atoms with Crippen LogP contribution in [0, 0.1) is 5.92 Å². The maximum atomic E-state index is 6.00. The molecule has 0 spiro atoms. The minimum Gasteiger partial charge on any atom is -0.497 e. The van der Waals surface area contributed by atoms with Gasteiger partial charge in [0.2, 0.25) is 0 Å². The highest BCUT2D eigenvalue weighted by Crippen LogP contribution is 2.46. The molecule has 0 aliphatic carbocycles. The fourth-order valence-electron chi connectivity index (χ4n) is 3.70. The van der Waals surface area contributed by atoms with Gasteiger partial charge in [0.15, 0.2) is 0 Å². The van der Waals surface area contributed by atoms with Crippen LogP contribution in [0.25, 0.3) is 0 Å². The summed E-state index contributed by atoms with van der Waals surface area (Å²) < 4.78 is 16.8. The van der Waals surface area contributed by atoms with Gasteiger partial charge in [-0.05, 0) is 32.4 Å². The molecule has 0 saturated carbocycles. The molecule has 1 N–H and O–H groups in total. The predicted octanol–water partition coefficient (Wildman–Crippen LogP) is 2.53. The first-order valence-electron chi connectivity index (χ1n) is 7.31. The van der Waals surface area contributed by atoms with Crippen LogP contribution < -0.4 is 14.8 Å². The van der Waals surface area contributed by atoms with E-state index in [0.29, 0.717) is 18.1 Å². The van der Waals surface area contributed by atoms with Gasteiger partial charge in [-0.25, -0.2) is 0 Å². The Morgan fingerprint density at radius 1 is 1.25 bits per heavy atom. The lowest BCUT2D eigenvalue weighted by Crippen LogP contribution is -2.32. The molecule has 110 valence electrons. The van der Waals surface area contributed by atoms with E-state index >= 15 is 0 Å². The highest BCUT2D eigenvalue weighted by atomic mass is 16.5. The van der Waals surface area contributed by atoms with E-state index in [4.69, 9.17) is 14.2 Å². The Kier molecular flexibility index (Phi) is 3.85. The molecule has 2 bridgehead atoms. The molecule has 0 radical (unpaired) electrons. The van der Waals surface area contributed by atoms with E-state index in [1.165, 1.54) is 18.4 Å². The van der Waals surface area contributed by atoms with Gasteiger partial charge < -0.3 is 19.5 Å². The van der Waals surface area contributed by atoms with Crippen LogP contribution in [0.5, 0.6) is 11.5 Å². The first-order chi connectivity index (χ1) is 9.76. The van der Waals surface area contributed by atoms with Crippen molar-refractivity contribution in [2.24, 2.45) is 5.92 Å².